The summed E-state index contributed by atoms with van der Waals surface area (Å²) in [5.74, 6) is 11.7. The summed E-state index contributed by atoms with van der Waals surface area (Å²) in [6.45, 7) is 3.83. The van der Waals surface area contributed by atoms with Crippen molar-refractivity contribution in [3.8, 4) is 23.7 Å². The average molecular weight is 178 g/mol. The van der Waals surface area contributed by atoms with Gasteiger partial charge in [0.2, 0.25) is 0 Å². The predicted octanol–water partition coefficient (Wildman–Crippen LogP) is 2.34. The number of aliphatic hydroxyl groups excluding tert-OH is 1. The molecule has 0 amide bonds. The Balaban J connectivity index is 3.34. The summed E-state index contributed by atoms with van der Waals surface area (Å²) < 4.78 is 0. The highest BCUT2D eigenvalue weighted by atomic mass is 16.3. The Morgan fingerprint density at radius 1 is 1.08 bits per heavy atom. The van der Waals surface area contributed by atoms with Crippen molar-refractivity contribution >= 4 is 0 Å². The molecule has 0 rings (SSSR count). The molecule has 72 valence electrons. The molecule has 0 heterocycles. The molecule has 0 aliphatic carbocycles. The number of aliphatic hydroxyl groups is 1. The zero-order chi connectivity index (χ0) is 9.94. The van der Waals surface area contributed by atoms with Crippen molar-refractivity contribution in [2.75, 3.05) is 0 Å². The molecule has 0 saturated heterocycles. The smallest absolute Gasteiger partial charge is 0.111 e. The summed E-state index contributed by atoms with van der Waals surface area (Å²) >= 11 is 0. The van der Waals surface area contributed by atoms with E-state index in [2.05, 4.69) is 30.6 Å². The highest BCUT2D eigenvalue weighted by molar-refractivity contribution is 5.07. The number of unbranched alkanes of at least 4 members (excludes halogenated alkanes) is 3. The predicted molar refractivity (Wildman–Crippen MR) is 56.0 cm³/mol. The van der Waals surface area contributed by atoms with Crippen molar-refractivity contribution in [2.45, 2.75) is 52.1 Å². The quantitative estimate of drug-likeness (QED) is 0.519. The van der Waals surface area contributed by atoms with Crippen LogP contribution in [0.3, 0.4) is 0 Å². The molecule has 1 nitrogen and oxygen atoms in total. The zero-order valence-electron chi connectivity index (χ0n) is 8.56. The molecule has 0 spiro atoms. The second-order valence-corrected chi connectivity index (χ2v) is 2.95. The first kappa shape index (κ1) is 12.1. The first-order valence-corrected chi connectivity index (χ1v) is 4.89. The Bertz CT molecular complexity index is 219. The van der Waals surface area contributed by atoms with Crippen LogP contribution in [-0.2, 0) is 0 Å². The van der Waals surface area contributed by atoms with Crippen LogP contribution in [0.15, 0.2) is 0 Å². The highest BCUT2D eigenvalue weighted by Crippen LogP contribution is 1.91. The molecule has 0 aromatic carbocycles. The van der Waals surface area contributed by atoms with Gasteiger partial charge in [-0.15, -0.1) is 11.8 Å². The fourth-order valence-corrected chi connectivity index (χ4v) is 0.787. The van der Waals surface area contributed by atoms with Gasteiger partial charge >= 0.3 is 0 Å². The van der Waals surface area contributed by atoms with E-state index in [9.17, 15) is 0 Å². The van der Waals surface area contributed by atoms with Crippen LogP contribution in [0.1, 0.15) is 46.0 Å². The Morgan fingerprint density at radius 2 is 1.69 bits per heavy atom. The van der Waals surface area contributed by atoms with E-state index < -0.39 is 6.10 Å². The van der Waals surface area contributed by atoms with Crippen LogP contribution in [-0.4, -0.2) is 11.2 Å². The van der Waals surface area contributed by atoms with Gasteiger partial charge in [0.1, 0.15) is 6.10 Å². The van der Waals surface area contributed by atoms with Crippen LogP contribution in [0.25, 0.3) is 0 Å². The van der Waals surface area contributed by atoms with E-state index in [4.69, 9.17) is 5.11 Å². The van der Waals surface area contributed by atoms with Gasteiger partial charge in [0.25, 0.3) is 0 Å². The van der Waals surface area contributed by atoms with Gasteiger partial charge in [-0.05, 0) is 13.3 Å². The third kappa shape index (κ3) is 11.1. The largest absolute Gasteiger partial charge is 0.381 e. The van der Waals surface area contributed by atoms with E-state index in [1.807, 2.05) is 0 Å². The summed E-state index contributed by atoms with van der Waals surface area (Å²) in [5.41, 5.74) is 0. The Kier molecular flexibility index (Phi) is 8.52. The summed E-state index contributed by atoms with van der Waals surface area (Å²) in [6, 6.07) is 0. The molecule has 1 unspecified atom stereocenters. The van der Waals surface area contributed by atoms with Gasteiger partial charge in [-0.25, -0.2) is 0 Å². The monoisotopic (exact) mass is 178 g/mol. The van der Waals surface area contributed by atoms with Crippen molar-refractivity contribution in [2.24, 2.45) is 0 Å². The molecule has 0 aliphatic rings. The lowest BCUT2D eigenvalue weighted by atomic mass is 10.2. The molecule has 0 aromatic heterocycles. The molecule has 1 N–H and O–H groups in total. The summed E-state index contributed by atoms with van der Waals surface area (Å²) in [4.78, 5) is 0. The molecule has 0 saturated carbocycles. The van der Waals surface area contributed by atoms with E-state index >= 15 is 0 Å². The Hall–Kier alpha value is -0.920. The van der Waals surface area contributed by atoms with Crippen LogP contribution in [0.4, 0.5) is 0 Å². The number of hydrogen-bond acceptors (Lipinski definition) is 1. The number of hydrogen-bond donors (Lipinski definition) is 1. The molecule has 13 heavy (non-hydrogen) atoms. The summed E-state index contributed by atoms with van der Waals surface area (Å²) in [5, 5.41) is 8.82. The van der Waals surface area contributed by atoms with Crippen molar-refractivity contribution in [1.82, 2.24) is 0 Å². The molecule has 0 radical (unpaired) electrons. The first-order valence-electron chi connectivity index (χ1n) is 4.89. The zero-order valence-corrected chi connectivity index (χ0v) is 8.56. The van der Waals surface area contributed by atoms with Gasteiger partial charge in [0.15, 0.2) is 0 Å². The van der Waals surface area contributed by atoms with Crippen LogP contribution < -0.4 is 0 Å². The highest BCUT2D eigenvalue weighted by Gasteiger charge is 1.81. The topological polar surface area (TPSA) is 20.2 Å². The van der Waals surface area contributed by atoms with E-state index in [1.165, 1.54) is 12.8 Å². The lowest BCUT2D eigenvalue weighted by molar-refractivity contribution is 0.253. The summed E-state index contributed by atoms with van der Waals surface area (Å²) in [6.07, 6.45) is 4.48. The fraction of sp³-hybridized carbons (Fsp3) is 0.667. The van der Waals surface area contributed by atoms with Gasteiger partial charge in [-0.3, -0.25) is 0 Å². The van der Waals surface area contributed by atoms with Crippen LogP contribution in [0, 0.1) is 23.7 Å². The van der Waals surface area contributed by atoms with Crippen LogP contribution in [0.5, 0.6) is 0 Å². The summed E-state index contributed by atoms with van der Waals surface area (Å²) in [7, 11) is 0. The first-order chi connectivity index (χ1) is 6.27. The maximum atomic E-state index is 8.82. The molecular weight excluding hydrogens is 160 g/mol. The second kappa shape index (κ2) is 9.17. The van der Waals surface area contributed by atoms with E-state index in [1.54, 1.807) is 6.92 Å². The minimum atomic E-state index is -0.506. The lowest BCUT2D eigenvalue weighted by Gasteiger charge is -1.86. The molecule has 1 heteroatoms. The second-order valence-electron chi connectivity index (χ2n) is 2.95. The van der Waals surface area contributed by atoms with Crippen molar-refractivity contribution in [3.05, 3.63) is 0 Å². The van der Waals surface area contributed by atoms with Gasteiger partial charge < -0.3 is 5.11 Å². The fourth-order valence-electron chi connectivity index (χ4n) is 0.787. The van der Waals surface area contributed by atoms with Crippen molar-refractivity contribution in [1.29, 1.82) is 0 Å². The maximum Gasteiger partial charge on any atom is 0.111 e. The van der Waals surface area contributed by atoms with Crippen molar-refractivity contribution in [3.63, 3.8) is 0 Å². The molecular formula is C12H18O. The van der Waals surface area contributed by atoms with Gasteiger partial charge in [0, 0.05) is 19.3 Å². The third-order valence-electron chi connectivity index (χ3n) is 1.47. The Morgan fingerprint density at radius 3 is 2.31 bits per heavy atom. The normalized spacial score (nSPS) is 10.7. The maximum absolute atomic E-state index is 8.82. The third-order valence-corrected chi connectivity index (χ3v) is 1.47. The van der Waals surface area contributed by atoms with Gasteiger partial charge in [-0.2, -0.15) is 0 Å². The van der Waals surface area contributed by atoms with Crippen molar-refractivity contribution < 1.29 is 5.11 Å². The minimum Gasteiger partial charge on any atom is -0.381 e. The van der Waals surface area contributed by atoms with E-state index in [-0.39, 0.29) is 0 Å². The Labute approximate surface area is 81.5 Å². The average Bonchev–Trinajstić information content (AvgIpc) is 2.09. The van der Waals surface area contributed by atoms with Gasteiger partial charge in [-0.1, -0.05) is 25.2 Å². The lowest BCUT2D eigenvalue weighted by Crippen LogP contribution is -1.92. The van der Waals surface area contributed by atoms with Crippen LogP contribution in [0.2, 0.25) is 0 Å². The molecule has 0 aliphatic heterocycles. The van der Waals surface area contributed by atoms with E-state index in [0.29, 0.717) is 0 Å². The molecule has 0 bridgehead atoms. The minimum absolute atomic E-state index is 0.506. The van der Waals surface area contributed by atoms with E-state index in [0.717, 1.165) is 19.3 Å². The standard InChI is InChI=1S/C12H18O/c1-3-4-5-6-7-8-9-10-11-12(2)13/h12-13H,3-5,8-9H2,1-2H3. The SMILES string of the molecule is CCCCC#CCCC#CC(C)O. The van der Waals surface area contributed by atoms with Crippen LogP contribution >= 0.6 is 0 Å². The molecule has 1 atom stereocenters. The molecule has 0 fully saturated rings. The molecule has 0 aromatic rings. The van der Waals surface area contributed by atoms with Gasteiger partial charge in [0.05, 0.1) is 0 Å². The number of rotatable bonds is 3.